The lowest BCUT2D eigenvalue weighted by Gasteiger charge is -2.30. The van der Waals surface area contributed by atoms with E-state index in [0.29, 0.717) is 18.8 Å². The molecular formula is C18H22FN5O3S. The SMILES string of the molecule is O=C(Nc1n[nH]c(C2CCC2)n1)C1CCN(S(=O)(=O)c2ccccc2F)CC1. The quantitative estimate of drug-likeness (QED) is 0.790. The topological polar surface area (TPSA) is 108 Å². The third-order valence-corrected chi connectivity index (χ3v) is 7.44. The molecule has 0 spiro atoms. The number of hydrogen-bond acceptors (Lipinski definition) is 5. The molecule has 0 atom stereocenters. The van der Waals surface area contributed by atoms with Crippen LogP contribution in [0.3, 0.4) is 0 Å². The average Bonchev–Trinajstić information content (AvgIpc) is 3.08. The minimum Gasteiger partial charge on any atom is -0.293 e. The van der Waals surface area contributed by atoms with Crippen molar-refractivity contribution in [1.82, 2.24) is 19.5 Å². The summed E-state index contributed by atoms with van der Waals surface area (Å²) in [6, 6.07) is 5.32. The number of aromatic amines is 1. The van der Waals surface area contributed by atoms with Crippen LogP contribution < -0.4 is 5.32 Å². The molecule has 1 aromatic carbocycles. The van der Waals surface area contributed by atoms with Gasteiger partial charge in [-0.15, -0.1) is 5.10 Å². The van der Waals surface area contributed by atoms with E-state index in [1.165, 1.54) is 28.9 Å². The standard InChI is InChI=1S/C18H22FN5O3S/c19-14-6-1-2-7-15(14)28(26,27)24-10-8-13(9-11-24)17(25)21-18-20-16(22-23-18)12-4-3-5-12/h1-2,6-7,12-13H,3-5,8-11H2,(H2,20,21,22,23,25). The van der Waals surface area contributed by atoms with Crippen molar-refractivity contribution in [2.24, 2.45) is 5.92 Å². The van der Waals surface area contributed by atoms with Gasteiger partial charge in [-0.25, -0.2) is 12.8 Å². The number of H-pyrrole nitrogens is 1. The Hall–Kier alpha value is -2.33. The predicted molar refractivity (Wildman–Crippen MR) is 99.5 cm³/mol. The third kappa shape index (κ3) is 3.66. The first-order chi connectivity index (χ1) is 13.4. The second kappa shape index (κ2) is 7.59. The van der Waals surface area contributed by atoms with Crippen molar-refractivity contribution in [3.8, 4) is 0 Å². The van der Waals surface area contributed by atoms with Gasteiger partial charge in [0.2, 0.25) is 21.9 Å². The van der Waals surface area contributed by atoms with Crippen LogP contribution >= 0.6 is 0 Å². The van der Waals surface area contributed by atoms with E-state index in [-0.39, 0.29) is 35.8 Å². The van der Waals surface area contributed by atoms with Gasteiger partial charge in [0, 0.05) is 24.9 Å². The lowest BCUT2D eigenvalue weighted by Crippen LogP contribution is -2.41. The van der Waals surface area contributed by atoms with Crippen molar-refractivity contribution >= 4 is 21.9 Å². The molecule has 1 aromatic heterocycles. The Morgan fingerprint density at radius 1 is 1.18 bits per heavy atom. The van der Waals surface area contributed by atoms with Gasteiger partial charge in [-0.2, -0.15) is 9.29 Å². The predicted octanol–water partition coefficient (Wildman–Crippen LogP) is 2.25. The third-order valence-electron chi connectivity index (χ3n) is 5.51. The number of aromatic nitrogens is 3. The first kappa shape index (κ1) is 19.0. The maximum Gasteiger partial charge on any atom is 0.248 e. The molecule has 1 amide bonds. The lowest BCUT2D eigenvalue weighted by atomic mass is 9.85. The fourth-order valence-electron chi connectivity index (χ4n) is 3.56. The number of piperidine rings is 1. The van der Waals surface area contributed by atoms with Crippen LogP contribution in [0.1, 0.15) is 43.8 Å². The van der Waals surface area contributed by atoms with Crippen molar-refractivity contribution in [1.29, 1.82) is 0 Å². The zero-order valence-corrected chi connectivity index (χ0v) is 16.1. The van der Waals surface area contributed by atoms with Gasteiger partial charge in [0.15, 0.2) is 0 Å². The van der Waals surface area contributed by atoms with Gasteiger partial charge in [0.25, 0.3) is 0 Å². The van der Waals surface area contributed by atoms with Gasteiger partial charge in [-0.05, 0) is 37.8 Å². The maximum absolute atomic E-state index is 13.9. The molecular weight excluding hydrogens is 385 g/mol. The van der Waals surface area contributed by atoms with Crippen LogP contribution in [-0.4, -0.2) is 46.9 Å². The smallest absolute Gasteiger partial charge is 0.248 e. The highest BCUT2D eigenvalue weighted by Gasteiger charge is 2.33. The molecule has 2 aromatic rings. The Morgan fingerprint density at radius 2 is 1.89 bits per heavy atom. The number of benzene rings is 1. The molecule has 2 aliphatic rings. The van der Waals surface area contributed by atoms with E-state index in [1.54, 1.807) is 0 Å². The Bertz CT molecular complexity index is 965. The minimum atomic E-state index is -3.91. The molecule has 2 heterocycles. The number of anilines is 1. The number of nitrogens with one attached hydrogen (secondary N) is 2. The van der Waals surface area contributed by atoms with Crippen LogP contribution in [0.4, 0.5) is 10.3 Å². The zero-order valence-electron chi connectivity index (χ0n) is 15.3. The summed E-state index contributed by atoms with van der Waals surface area (Å²) >= 11 is 0. The molecule has 0 bridgehead atoms. The number of rotatable bonds is 5. The number of amides is 1. The molecule has 28 heavy (non-hydrogen) atoms. The molecule has 10 heteroatoms. The summed E-state index contributed by atoms with van der Waals surface area (Å²) in [5, 5.41) is 9.62. The van der Waals surface area contributed by atoms with E-state index in [0.717, 1.165) is 24.7 Å². The molecule has 1 aliphatic carbocycles. The fourth-order valence-corrected chi connectivity index (χ4v) is 5.09. The van der Waals surface area contributed by atoms with Crippen molar-refractivity contribution in [3.63, 3.8) is 0 Å². The minimum absolute atomic E-state index is 0.163. The highest BCUT2D eigenvalue weighted by Crippen LogP contribution is 2.34. The molecule has 0 radical (unpaired) electrons. The first-order valence-corrected chi connectivity index (χ1v) is 10.9. The van der Waals surface area contributed by atoms with Crippen LogP contribution in [0.25, 0.3) is 0 Å². The van der Waals surface area contributed by atoms with Gasteiger partial charge in [0.1, 0.15) is 16.5 Å². The van der Waals surface area contributed by atoms with Crippen LogP contribution in [-0.2, 0) is 14.8 Å². The van der Waals surface area contributed by atoms with Gasteiger partial charge >= 0.3 is 0 Å². The monoisotopic (exact) mass is 407 g/mol. The zero-order chi connectivity index (χ0) is 19.7. The van der Waals surface area contributed by atoms with Gasteiger partial charge in [0.05, 0.1) is 0 Å². The van der Waals surface area contributed by atoms with Crippen molar-refractivity contribution in [2.75, 3.05) is 18.4 Å². The number of sulfonamides is 1. The highest BCUT2D eigenvalue weighted by molar-refractivity contribution is 7.89. The Kier molecular flexibility index (Phi) is 5.15. The summed E-state index contributed by atoms with van der Waals surface area (Å²) in [5.74, 6) is 0.125. The normalized spacial score (nSPS) is 19.3. The summed E-state index contributed by atoms with van der Waals surface area (Å²) in [6.45, 7) is 0.326. The summed E-state index contributed by atoms with van der Waals surface area (Å²) in [6.07, 6.45) is 4.06. The molecule has 1 saturated carbocycles. The number of carbonyl (C=O) groups is 1. The average molecular weight is 407 g/mol. The van der Waals surface area contributed by atoms with E-state index < -0.39 is 15.8 Å². The van der Waals surface area contributed by atoms with Crippen molar-refractivity contribution < 1.29 is 17.6 Å². The Morgan fingerprint density at radius 3 is 2.54 bits per heavy atom. The summed E-state index contributed by atoms with van der Waals surface area (Å²) in [5.41, 5.74) is 0. The van der Waals surface area contributed by atoms with Gasteiger partial charge < -0.3 is 0 Å². The van der Waals surface area contributed by atoms with Crippen molar-refractivity contribution in [3.05, 3.63) is 35.9 Å². The van der Waals surface area contributed by atoms with E-state index in [9.17, 15) is 17.6 Å². The summed E-state index contributed by atoms with van der Waals surface area (Å²) in [4.78, 5) is 16.5. The van der Waals surface area contributed by atoms with E-state index >= 15 is 0 Å². The van der Waals surface area contributed by atoms with Crippen LogP contribution in [0.5, 0.6) is 0 Å². The molecule has 150 valence electrons. The Balaban J connectivity index is 1.35. The number of halogens is 1. The molecule has 8 nitrogen and oxygen atoms in total. The number of nitrogens with zero attached hydrogens (tertiary/aromatic N) is 3. The van der Waals surface area contributed by atoms with Gasteiger partial charge in [-0.3, -0.25) is 15.2 Å². The fraction of sp³-hybridized carbons (Fsp3) is 0.500. The van der Waals surface area contributed by atoms with Gasteiger partial charge in [-0.1, -0.05) is 18.6 Å². The molecule has 2 fully saturated rings. The molecule has 4 rings (SSSR count). The lowest BCUT2D eigenvalue weighted by molar-refractivity contribution is -0.121. The number of hydrogen-bond donors (Lipinski definition) is 2. The van der Waals surface area contributed by atoms with Crippen molar-refractivity contribution in [2.45, 2.75) is 42.9 Å². The first-order valence-electron chi connectivity index (χ1n) is 9.43. The van der Waals surface area contributed by atoms with Crippen LogP contribution in [0.2, 0.25) is 0 Å². The molecule has 1 aliphatic heterocycles. The highest BCUT2D eigenvalue weighted by atomic mass is 32.2. The molecule has 1 saturated heterocycles. The summed E-state index contributed by atoms with van der Waals surface area (Å²) < 4.78 is 40.4. The molecule has 2 N–H and O–H groups in total. The summed E-state index contributed by atoms with van der Waals surface area (Å²) in [7, 11) is -3.91. The second-order valence-electron chi connectivity index (χ2n) is 7.27. The molecule has 0 unspecified atom stereocenters. The van der Waals surface area contributed by atoms with E-state index in [4.69, 9.17) is 0 Å². The Labute approximate surface area is 162 Å². The largest absolute Gasteiger partial charge is 0.293 e. The van der Waals surface area contributed by atoms with E-state index in [1.807, 2.05) is 0 Å². The second-order valence-corrected chi connectivity index (χ2v) is 9.18. The van der Waals surface area contributed by atoms with E-state index in [2.05, 4.69) is 20.5 Å². The van der Waals surface area contributed by atoms with Crippen LogP contribution in [0, 0.1) is 11.7 Å². The van der Waals surface area contributed by atoms with Crippen LogP contribution in [0.15, 0.2) is 29.2 Å². The number of carbonyl (C=O) groups excluding carboxylic acids is 1. The maximum atomic E-state index is 13.9.